The average Bonchev–Trinajstić information content (AvgIpc) is 3.07. The second-order valence-corrected chi connectivity index (χ2v) is 8.79. The highest BCUT2D eigenvalue weighted by Gasteiger charge is 2.30. The molecule has 2 aromatic rings. The van der Waals surface area contributed by atoms with Crippen LogP contribution in [0, 0.1) is 0 Å². The molecule has 4 nitrogen and oxygen atoms in total. The standard InChI is InChI=1S/C18H24ClN3OS/c1-10-4-9-13-14(10)15-16(20-18(19)21-17(15)24-13)23-12-7-5-11(6-8-12)22(2)3/h10-12H,4-9H2,1-3H3. The Morgan fingerprint density at radius 2 is 1.88 bits per heavy atom. The Morgan fingerprint density at radius 1 is 1.12 bits per heavy atom. The monoisotopic (exact) mass is 365 g/mol. The fourth-order valence-electron chi connectivity index (χ4n) is 4.13. The van der Waals surface area contributed by atoms with E-state index in [0.717, 1.165) is 29.5 Å². The van der Waals surface area contributed by atoms with Crippen LogP contribution >= 0.6 is 22.9 Å². The Hall–Kier alpha value is -0.910. The lowest BCUT2D eigenvalue weighted by molar-refractivity contribution is 0.108. The maximum absolute atomic E-state index is 6.36. The van der Waals surface area contributed by atoms with Crippen molar-refractivity contribution >= 4 is 33.2 Å². The zero-order valence-electron chi connectivity index (χ0n) is 14.5. The van der Waals surface area contributed by atoms with Crippen LogP contribution in [0.2, 0.25) is 5.28 Å². The molecule has 1 unspecified atom stereocenters. The fourth-order valence-corrected chi connectivity index (χ4v) is 5.64. The van der Waals surface area contributed by atoms with Crippen LogP contribution in [-0.2, 0) is 6.42 Å². The lowest BCUT2D eigenvalue weighted by atomic mass is 9.92. The van der Waals surface area contributed by atoms with Gasteiger partial charge in [-0.3, -0.25) is 0 Å². The molecule has 0 amide bonds. The number of ether oxygens (including phenoxy) is 1. The van der Waals surface area contributed by atoms with Crippen molar-refractivity contribution in [1.82, 2.24) is 14.9 Å². The molecule has 0 aromatic carbocycles. The summed E-state index contributed by atoms with van der Waals surface area (Å²) in [7, 11) is 4.32. The van der Waals surface area contributed by atoms with Gasteiger partial charge in [-0.2, -0.15) is 4.98 Å². The molecule has 0 saturated heterocycles. The first kappa shape index (κ1) is 16.6. The molecule has 0 aliphatic heterocycles. The van der Waals surface area contributed by atoms with Gasteiger partial charge < -0.3 is 9.64 Å². The predicted octanol–water partition coefficient (Wildman–Crippen LogP) is 4.65. The van der Waals surface area contributed by atoms with Crippen LogP contribution in [-0.4, -0.2) is 41.1 Å². The molecule has 0 radical (unpaired) electrons. The Bertz CT molecular complexity index is 752. The molecule has 0 bridgehead atoms. The molecule has 2 aromatic heterocycles. The lowest BCUT2D eigenvalue weighted by Gasteiger charge is -2.32. The molecule has 4 rings (SSSR count). The maximum atomic E-state index is 6.36. The maximum Gasteiger partial charge on any atom is 0.227 e. The number of hydrogen-bond donors (Lipinski definition) is 0. The minimum Gasteiger partial charge on any atom is -0.474 e. The van der Waals surface area contributed by atoms with E-state index in [1.807, 2.05) is 0 Å². The van der Waals surface area contributed by atoms with E-state index in [4.69, 9.17) is 16.3 Å². The van der Waals surface area contributed by atoms with Crippen LogP contribution in [0.3, 0.4) is 0 Å². The van der Waals surface area contributed by atoms with Gasteiger partial charge >= 0.3 is 0 Å². The molecular formula is C18H24ClN3OS. The Kier molecular flexibility index (Phi) is 4.43. The van der Waals surface area contributed by atoms with Crippen LogP contribution in [0.1, 0.15) is 55.4 Å². The number of halogens is 1. The minimum atomic E-state index is 0.239. The summed E-state index contributed by atoms with van der Waals surface area (Å²) in [5.74, 6) is 1.27. The van der Waals surface area contributed by atoms with Crippen LogP contribution in [0.25, 0.3) is 10.2 Å². The summed E-state index contributed by atoms with van der Waals surface area (Å²) in [5.41, 5.74) is 1.41. The van der Waals surface area contributed by atoms with E-state index in [9.17, 15) is 0 Å². The van der Waals surface area contributed by atoms with Crippen molar-refractivity contribution in [2.75, 3.05) is 14.1 Å². The summed E-state index contributed by atoms with van der Waals surface area (Å²) >= 11 is 7.93. The summed E-state index contributed by atoms with van der Waals surface area (Å²) in [5, 5.41) is 1.42. The van der Waals surface area contributed by atoms with Crippen molar-refractivity contribution in [3.63, 3.8) is 0 Å². The zero-order chi connectivity index (χ0) is 16.8. The normalized spacial score (nSPS) is 27.0. The molecule has 6 heteroatoms. The molecule has 0 spiro atoms. The fraction of sp³-hybridized carbons (Fsp3) is 0.667. The molecule has 1 atom stereocenters. The highest BCUT2D eigenvalue weighted by atomic mass is 35.5. The van der Waals surface area contributed by atoms with E-state index in [2.05, 4.69) is 35.9 Å². The third kappa shape index (κ3) is 2.91. The minimum absolute atomic E-state index is 0.239. The van der Waals surface area contributed by atoms with Gasteiger partial charge in [-0.25, -0.2) is 4.98 Å². The molecule has 1 fully saturated rings. The van der Waals surface area contributed by atoms with Gasteiger partial charge in [-0.15, -0.1) is 11.3 Å². The van der Waals surface area contributed by atoms with Crippen LogP contribution < -0.4 is 4.74 Å². The first-order valence-corrected chi connectivity index (χ1v) is 10.0. The second-order valence-electron chi connectivity index (χ2n) is 7.37. The molecule has 2 aliphatic carbocycles. The second kappa shape index (κ2) is 6.43. The number of hydrogen-bond acceptors (Lipinski definition) is 5. The van der Waals surface area contributed by atoms with Crippen LogP contribution in [0.4, 0.5) is 0 Å². The first-order chi connectivity index (χ1) is 11.5. The van der Waals surface area contributed by atoms with E-state index in [1.165, 1.54) is 29.7 Å². The highest BCUT2D eigenvalue weighted by Crippen LogP contribution is 2.46. The summed E-state index contributed by atoms with van der Waals surface area (Å²) in [6, 6.07) is 0.671. The predicted molar refractivity (Wildman–Crippen MR) is 99.5 cm³/mol. The molecule has 24 heavy (non-hydrogen) atoms. The van der Waals surface area contributed by atoms with E-state index in [-0.39, 0.29) is 6.10 Å². The van der Waals surface area contributed by atoms with Crippen molar-refractivity contribution in [2.45, 2.75) is 63.5 Å². The molecule has 130 valence electrons. The van der Waals surface area contributed by atoms with Gasteiger partial charge in [0.2, 0.25) is 11.2 Å². The van der Waals surface area contributed by atoms with Gasteiger partial charge in [-0.05, 0) is 75.7 Å². The van der Waals surface area contributed by atoms with Crippen molar-refractivity contribution in [1.29, 1.82) is 0 Å². The summed E-state index contributed by atoms with van der Waals surface area (Å²) < 4.78 is 6.36. The topological polar surface area (TPSA) is 38.3 Å². The molecule has 0 N–H and O–H groups in total. The number of fused-ring (bicyclic) bond motifs is 3. The summed E-state index contributed by atoms with van der Waals surface area (Å²) in [6.45, 7) is 2.29. The molecule has 2 aliphatic rings. The van der Waals surface area contributed by atoms with Gasteiger partial charge in [0, 0.05) is 10.9 Å². The molecular weight excluding hydrogens is 342 g/mol. The number of rotatable bonds is 3. The number of nitrogens with zero attached hydrogens (tertiary/aromatic N) is 3. The Balaban J connectivity index is 1.62. The number of aromatic nitrogens is 2. The Labute approximate surface area is 152 Å². The Morgan fingerprint density at radius 3 is 2.58 bits per heavy atom. The van der Waals surface area contributed by atoms with Crippen molar-refractivity contribution < 1.29 is 4.74 Å². The van der Waals surface area contributed by atoms with Crippen LogP contribution in [0.15, 0.2) is 0 Å². The van der Waals surface area contributed by atoms with Gasteiger partial charge in [-0.1, -0.05) is 6.92 Å². The smallest absolute Gasteiger partial charge is 0.227 e. The van der Waals surface area contributed by atoms with Crippen molar-refractivity contribution in [3.05, 3.63) is 15.7 Å². The van der Waals surface area contributed by atoms with Gasteiger partial charge in [0.25, 0.3) is 0 Å². The quantitative estimate of drug-likeness (QED) is 0.742. The molecule has 2 heterocycles. The zero-order valence-corrected chi connectivity index (χ0v) is 16.1. The van der Waals surface area contributed by atoms with E-state index in [0.29, 0.717) is 23.1 Å². The number of aryl methyl sites for hydroxylation is 1. The van der Waals surface area contributed by atoms with Crippen LogP contribution in [0.5, 0.6) is 5.88 Å². The average molecular weight is 366 g/mol. The third-order valence-electron chi connectivity index (χ3n) is 5.55. The summed E-state index contributed by atoms with van der Waals surface area (Å²) in [4.78, 5) is 13.7. The van der Waals surface area contributed by atoms with E-state index in [1.54, 1.807) is 11.3 Å². The largest absolute Gasteiger partial charge is 0.474 e. The van der Waals surface area contributed by atoms with Crippen molar-refractivity contribution in [3.8, 4) is 5.88 Å². The van der Waals surface area contributed by atoms with Gasteiger partial charge in [0.15, 0.2) is 0 Å². The highest BCUT2D eigenvalue weighted by molar-refractivity contribution is 7.19. The van der Waals surface area contributed by atoms with Crippen molar-refractivity contribution in [2.24, 2.45) is 0 Å². The third-order valence-corrected chi connectivity index (χ3v) is 6.88. The summed E-state index contributed by atoms with van der Waals surface area (Å²) in [6.07, 6.45) is 7.11. The SMILES string of the molecule is CC1CCc2sc3nc(Cl)nc(OC4CCC(N(C)C)CC4)c3c21. The van der Waals surface area contributed by atoms with Gasteiger partial charge in [0.05, 0.1) is 5.39 Å². The molecule has 1 saturated carbocycles. The van der Waals surface area contributed by atoms with E-state index < -0.39 is 0 Å². The van der Waals surface area contributed by atoms with E-state index >= 15 is 0 Å². The number of thiophene rings is 1. The lowest BCUT2D eigenvalue weighted by Crippen LogP contribution is -2.35. The first-order valence-electron chi connectivity index (χ1n) is 8.84. The van der Waals surface area contributed by atoms with Gasteiger partial charge in [0.1, 0.15) is 10.9 Å².